The number of nitrogens with zero attached hydrogens (tertiary/aromatic N) is 4. The third kappa shape index (κ3) is 3.82. The fourth-order valence-corrected chi connectivity index (χ4v) is 4.41. The van der Waals surface area contributed by atoms with Crippen LogP contribution in [0.4, 0.5) is 0 Å². The molecule has 134 valence electrons. The van der Waals surface area contributed by atoms with Crippen molar-refractivity contribution in [3.05, 3.63) is 18.2 Å². The molecule has 1 aromatic heterocycles. The Hall–Kier alpha value is -1.36. The molecule has 0 saturated carbocycles. The minimum atomic E-state index is 0.309. The number of rotatable bonds is 6. The summed E-state index contributed by atoms with van der Waals surface area (Å²) in [6.45, 7) is 10.4. The largest absolute Gasteiger partial charge is 0.342 e. The smallest absolute Gasteiger partial charge is 0.222 e. The van der Waals surface area contributed by atoms with Crippen molar-refractivity contribution in [2.75, 3.05) is 26.2 Å². The Bertz CT molecular complexity index is 555. The van der Waals surface area contributed by atoms with Crippen molar-refractivity contribution in [2.24, 2.45) is 5.41 Å². The van der Waals surface area contributed by atoms with Crippen molar-refractivity contribution >= 4 is 5.91 Å². The van der Waals surface area contributed by atoms with Crippen molar-refractivity contribution in [2.45, 2.75) is 65.5 Å². The molecule has 3 heterocycles. The van der Waals surface area contributed by atoms with E-state index in [-0.39, 0.29) is 0 Å². The highest BCUT2D eigenvalue weighted by molar-refractivity contribution is 5.77. The molecule has 2 fully saturated rings. The van der Waals surface area contributed by atoms with E-state index in [4.69, 9.17) is 0 Å². The van der Waals surface area contributed by atoms with E-state index in [1.807, 2.05) is 6.20 Å². The summed E-state index contributed by atoms with van der Waals surface area (Å²) in [5.74, 6) is 1.54. The van der Waals surface area contributed by atoms with E-state index in [9.17, 15) is 4.79 Å². The van der Waals surface area contributed by atoms with Gasteiger partial charge in [0.15, 0.2) is 0 Å². The zero-order valence-corrected chi connectivity index (χ0v) is 15.3. The van der Waals surface area contributed by atoms with Gasteiger partial charge in [0.25, 0.3) is 0 Å². The summed E-state index contributed by atoms with van der Waals surface area (Å²) >= 11 is 0. The normalized spacial score (nSPS) is 25.6. The summed E-state index contributed by atoms with van der Waals surface area (Å²) in [6.07, 6.45) is 10.6. The molecule has 5 heteroatoms. The number of aryl methyl sites for hydroxylation is 1. The van der Waals surface area contributed by atoms with Crippen molar-refractivity contribution < 1.29 is 4.79 Å². The van der Waals surface area contributed by atoms with Crippen LogP contribution in [0, 0.1) is 5.41 Å². The first-order valence-electron chi connectivity index (χ1n) is 9.66. The summed E-state index contributed by atoms with van der Waals surface area (Å²) in [4.78, 5) is 21.5. The van der Waals surface area contributed by atoms with Gasteiger partial charge >= 0.3 is 0 Å². The first-order chi connectivity index (χ1) is 11.7. The molecule has 0 aliphatic carbocycles. The Balaban J connectivity index is 1.64. The third-order valence-corrected chi connectivity index (χ3v) is 5.78. The summed E-state index contributed by atoms with van der Waals surface area (Å²) in [5.41, 5.74) is 0.309. The molecule has 24 heavy (non-hydrogen) atoms. The number of hydrogen-bond acceptors (Lipinski definition) is 3. The molecule has 3 rings (SSSR count). The van der Waals surface area contributed by atoms with Gasteiger partial charge in [-0.25, -0.2) is 4.98 Å². The number of unbranched alkanes of at least 4 members (excludes halogenated alkanes) is 1. The van der Waals surface area contributed by atoms with Crippen LogP contribution in [0.5, 0.6) is 0 Å². The molecule has 0 bridgehead atoms. The zero-order chi connectivity index (χ0) is 17.0. The minimum Gasteiger partial charge on any atom is -0.342 e. The number of carbonyl (C=O) groups is 1. The number of piperidine rings is 2. The highest BCUT2D eigenvalue weighted by atomic mass is 16.2. The fraction of sp³-hybridized carbons (Fsp3) is 0.789. The van der Waals surface area contributed by atoms with Gasteiger partial charge in [-0.05, 0) is 39.2 Å². The molecular weight excluding hydrogens is 300 g/mol. The summed E-state index contributed by atoms with van der Waals surface area (Å²) < 4.78 is 2.24. The Morgan fingerprint density at radius 3 is 2.92 bits per heavy atom. The van der Waals surface area contributed by atoms with Gasteiger partial charge in [0, 0.05) is 50.4 Å². The number of likely N-dealkylation sites (tertiary alicyclic amines) is 2. The van der Waals surface area contributed by atoms with E-state index in [2.05, 4.69) is 39.4 Å². The van der Waals surface area contributed by atoms with Crippen molar-refractivity contribution in [3.8, 4) is 0 Å². The molecule has 1 aromatic rings. The van der Waals surface area contributed by atoms with Gasteiger partial charge in [-0.1, -0.05) is 13.3 Å². The summed E-state index contributed by atoms with van der Waals surface area (Å²) in [6, 6.07) is 0. The Kier molecular flexibility index (Phi) is 5.59. The fourth-order valence-electron chi connectivity index (χ4n) is 4.41. The second kappa shape index (κ2) is 7.68. The van der Waals surface area contributed by atoms with Crippen LogP contribution in [0.2, 0.25) is 0 Å². The lowest BCUT2D eigenvalue weighted by molar-refractivity contribution is -0.139. The zero-order valence-electron chi connectivity index (χ0n) is 15.3. The summed E-state index contributed by atoms with van der Waals surface area (Å²) in [5, 5.41) is 0. The second-order valence-corrected chi connectivity index (χ2v) is 7.61. The van der Waals surface area contributed by atoms with Gasteiger partial charge < -0.3 is 9.47 Å². The quantitative estimate of drug-likeness (QED) is 0.804. The minimum absolute atomic E-state index is 0.309. The SMILES string of the molecule is CCCCN1C[C@@]2(CCCN(Cc3nccn3CC)C2)CCC1=O. The molecule has 0 aromatic carbocycles. The molecule has 0 N–H and O–H groups in total. The van der Waals surface area contributed by atoms with Crippen molar-refractivity contribution in [1.29, 1.82) is 0 Å². The molecule has 2 aliphatic heterocycles. The van der Waals surface area contributed by atoms with E-state index >= 15 is 0 Å². The van der Waals surface area contributed by atoms with Crippen LogP contribution in [-0.2, 0) is 17.9 Å². The van der Waals surface area contributed by atoms with Crippen LogP contribution in [0.25, 0.3) is 0 Å². The van der Waals surface area contributed by atoms with E-state index in [1.165, 1.54) is 18.7 Å². The van der Waals surface area contributed by atoms with Gasteiger partial charge in [0.1, 0.15) is 5.82 Å². The van der Waals surface area contributed by atoms with Crippen LogP contribution >= 0.6 is 0 Å². The molecule has 0 unspecified atom stereocenters. The summed E-state index contributed by atoms with van der Waals surface area (Å²) in [7, 11) is 0. The van der Waals surface area contributed by atoms with Gasteiger partial charge in [0.05, 0.1) is 6.54 Å². The predicted molar refractivity (Wildman–Crippen MR) is 95.6 cm³/mol. The lowest BCUT2D eigenvalue weighted by Gasteiger charge is -2.48. The highest BCUT2D eigenvalue weighted by Crippen LogP contribution is 2.39. The predicted octanol–water partition coefficient (Wildman–Crippen LogP) is 2.91. The molecule has 1 atom stereocenters. The van der Waals surface area contributed by atoms with E-state index in [0.29, 0.717) is 11.3 Å². The molecular formula is C19H32N4O. The number of aromatic nitrogens is 2. The van der Waals surface area contributed by atoms with E-state index < -0.39 is 0 Å². The average Bonchev–Trinajstić information content (AvgIpc) is 3.03. The number of carbonyl (C=O) groups excluding carboxylic acids is 1. The number of imidazole rings is 1. The Morgan fingerprint density at radius 2 is 2.12 bits per heavy atom. The van der Waals surface area contributed by atoms with Crippen LogP contribution in [-0.4, -0.2) is 51.4 Å². The molecule has 1 amide bonds. The molecule has 5 nitrogen and oxygen atoms in total. The maximum absolute atomic E-state index is 12.2. The van der Waals surface area contributed by atoms with Gasteiger partial charge in [-0.2, -0.15) is 0 Å². The maximum Gasteiger partial charge on any atom is 0.222 e. The molecule has 0 radical (unpaired) electrons. The lowest BCUT2D eigenvalue weighted by atomic mass is 9.73. The monoisotopic (exact) mass is 332 g/mol. The van der Waals surface area contributed by atoms with E-state index in [1.54, 1.807) is 0 Å². The number of hydrogen-bond donors (Lipinski definition) is 0. The lowest BCUT2D eigenvalue weighted by Crippen LogP contribution is -2.54. The Morgan fingerprint density at radius 1 is 1.25 bits per heavy atom. The Labute approximate surface area is 146 Å². The van der Waals surface area contributed by atoms with Crippen LogP contribution in [0.1, 0.15) is 58.2 Å². The van der Waals surface area contributed by atoms with E-state index in [0.717, 1.165) is 65.0 Å². The van der Waals surface area contributed by atoms with Crippen LogP contribution in [0.15, 0.2) is 12.4 Å². The standard InChI is InChI=1S/C19H32N4O/c1-3-5-12-23-16-19(9-7-18(23)24)8-6-11-21(15-19)14-17-20-10-13-22(17)4-2/h10,13H,3-9,11-12,14-16H2,1-2H3/t19-/m0/s1. The van der Waals surface area contributed by atoms with Crippen molar-refractivity contribution in [1.82, 2.24) is 19.4 Å². The molecule has 1 spiro atoms. The number of amides is 1. The van der Waals surface area contributed by atoms with Crippen LogP contribution in [0.3, 0.4) is 0 Å². The van der Waals surface area contributed by atoms with Crippen molar-refractivity contribution in [3.63, 3.8) is 0 Å². The topological polar surface area (TPSA) is 41.4 Å². The molecule has 2 aliphatic rings. The third-order valence-electron chi connectivity index (χ3n) is 5.78. The molecule has 2 saturated heterocycles. The average molecular weight is 332 g/mol. The first-order valence-corrected chi connectivity index (χ1v) is 9.66. The van der Waals surface area contributed by atoms with Gasteiger partial charge in [-0.3, -0.25) is 9.69 Å². The van der Waals surface area contributed by atoms with Gasteiger partial charge in [0.2, 0.25) is 5.91 Å². The highest BCUT2D eigenvalue weighted by Gasteiger charge is 2.41. The second-order valence-electron chi connectivity index (χ2n) is 7.61. The van der Waals surface area contributed by atoms with Gasteiger partial charge in [-0.15, -0.1) is 0 Å². The maximum atomic E-state index is 12.2. The van der Waals surface area contributed by atoms with Crippen LogP contribution < -0.4 is 0 Å². The first kappa shape index (κ1) is 17.5.